The third-order valence-corrected chi connectivity index (χ3v) is 19.7. The van der Waals surface area contributed by atoms with Gasteiger partial charge in [0, 0.05) is 17.5 Å². The molecule has 8 aromatic rings. The molecule has 16 bridgehead atoms. The van der Waals surface area contributed by atoms with E-state index in [4.69, 9.17) is 44.6 Å². The van der Waals surface area contributed by atoms with Gasteiger partial charge < -0.3 is 24.7 Å². The number of allylic oxidation sites excluding steroid dienone is 8. The molecule has 88 heavy (non-hydrogen) atoms. The van der Waals surface area contributed by atoms with Gasteiger partial charge in [0.05, 0.1) is 45.6 Å². The molecule has 9 nitrogen and oxygen atoms in total. The minimum absolute atomic E-state index is 0. The minimum Gasteiger partial charge on any atom is -0.657 e. The topological polar surface area (TPSA) is 117 Å². The van der Waals surface area contributed by atoms with Gasteiger partial charge in [0.1, 0.15) is 11.5 Å². The van der Waals surface area contributed by atoms with Crippen molar-refractivity contribution in [1.29, 1.82) is 0 Å². The van der Waals surface area contributed by atoms with Crippen LogP contribution in [0, 0.1) is 27.7 Å². The third-order valence-electron chi connectivity index (χ3n) is 19.7. The SMILES string of the molecule is CCC1=C(C)c2cc3[n-]c(c(C)c3CC)c(-c3cccc4c3Oc3c(cccc3-c3c5nc(cc6[n-]c(cc7nc(cc8[n-]c3c(C)c8CC)C(C)=C7CC)c(CC)c6C)C(CC)=C5C)C4)c3nc(cc4[n-]c(cc1n2)c(CC)c4C)C(CC)=C3C.[Co+2].[Co+2]. The van der Waals surface area contributed by atoms with Crippen LogP contribution >= 0.6 is 0 Å². The summed E-state index contributed by atoms with van der Waals surface area (Å²) in [6.07, 6.45) is 7.32. The quantitative estimate of drug-likeness (QED) is 0.132. The summed E-state index contributed by atoms with van der Waals surface area (Å²) in [5.74, 6) is 1.61. The number of aryl methyl sites for hydroxylation is 8. The maximum Gasteiger partial charge on any atom is 2.00 e. The maximum absolute atomic E-state index is 7.81. The maximum atomic E-state index is 7.81. The number of ether oxygens (including phenoxy) is 1. The molecule has 0 saturated heterocycles. The molecule has 6 aromatic heterocycles. The van der Waals surface area contributed by atoms with Crippen molar-refractivity contribution in [3.63, 3.8) is 0 Å². The zero-order chi connectivity index (χ0) is 60.3. The first kappa shape index (κ1) is 62.1. The van der Waals surface area contributed by atoms with E-state index in [1.165, 1.54) is 66.8 Å². The molecule has 0 saturated carbocycles. The van der Waals surface area contributed by atoms with Gasteiger partial charge in [-0.15, -0.1) is 44.1 Å². The summed E-state index contributed by atoms with van der Waals surface area (Å²) < 4.78 is 7.81. The first-order valence-corrected chi connectivity index (χ1v) is 31.6. The molecule has 0 spiro atoms. The number of para-hydroxylation sites is 2. The minimum atomic E-state index is 0. The van der Waals surface area contributed by atoms with Crippen LogP contribution in [0.4, 0.5) is 0 Å². The molecule has 0 amide bonds. The molecule has 0 atom stereocenters. The zero-order valence-corrected chi connectivity index (χ0v) is 56.0. The smallest absolute Gasteiger partial charge is 0.657 e. The fraction of sp³-hybridized carbons (Fsp3) is 0.325. The number of fused-ring (bicyclic) bond motifs is 18. The standard InChI is InChI=1S/C77H78N8O.2Co/c1-17-48-38(9)58-32-66-52(21-5)42(13)72(82-66)70(73-43(14)53(22-6)67(83-73)33-59-39(10)49(18-2)63(79-59)36-62(48)78-58)56-29-25-27-46-31-47-28-26-30-57(77(47)86-76(46)56)71-74-44(15)54(23-7)68(84-74)34-60-40(11)50(19-3)64(80-60)37-65-51(20-4)41(12)61(81-65)35-69-55(24-8)45(16)75(71)85-69;;/h25-30,32-37H,17-24,31H2,1-16H3;;/q-4;2*+2. The average molecular weight is 1250 g/mol. The fourth-order valence-electron chi connectivity index (χ4n) is 14.9. The van der Waals surface area contributed by atoms with Crippen LogP contribution in [-0.2, 0) is 65.7 Å². The Labute approximate surface area is 539 Å². The number of rotatable bonds is 10. The Kier molecular flexibility index (Phi) is 17.0. The molecule has 2 radical (unpaired) electrons. The number of nitrogens with zero attached hydrogens (tertiary/aromatic N) is 8. The van der Waals surface area contributed by atoms with E-state index in [1.807, 2.05) is 0 Å². The van der Waals surface area contributed by atoms with Gasteiger partial charge in [-0.3, -0.25) is 0 Å². The second-order valence-corrected chi connectivity index (χ2v) is 24.1. The molecule has 450 valence electrons. The molecule has 2 aromatic carbocycles. The van der Waals surface area contributed by atoms with Crippen molar-refractivity contribution in [3.05, 3.63) is 174 Å². The Morgan fingerprint density at radius 3 is 1.03 bits per heavy atom. The summed E-state index contributed by atoms with van der Waals surface area (Å²) in [7, 11) is 0. The van der Waals surface area contributed by atoms with E-state index in [2.05, 4.69) is 184 Å². The van der Waals surface area contributed by atoms with Gasteiger partial charge in [-0.05, 0) is 174 Å². The van der Waals surface area contributed by atoms with E-state index in [9.17, 15) is 0 Å². The Balaban J connectivity index is 0.00000400. The van der Waals surface area contributed by atoms with Gasteiger partial charge in [0.25, 0.3) is 0 Å². The fourth-order valence-corrected chi connectivity index (χ4v) is 14.9. The number of aromatic nitrogens is 8. The monoisotopic (exact) mass is 1250 g/mol. The third kappa shape index (κ3) is 9.68. The number of hydrogen-bond donors (Lipinski definition) is 0. The van der Waals surface area contributed by atoms with E-state index in [1.54, 1.807) is 0 Å². The molecule has 13 rings (SSSR count). The van der Waals surface area contributed by atoms with Crippen molar-refractivity contribution in [1.82, 2.24) is 39.9 Å². The number of benzene rings is 2. The summed E-state index contributed by atoms with van der Waals surface area (Å²) in [5, 5.41) is 0. The zero-order valence-electron chi connectivity index (χ0n) is 53.9. The predicted octanol–water partition coefficient (Wildman–Crippen LogP) is 19.3. The Morgan fingerprint density at radius 2 is 0.670 bits per heavy atom. The van der Waals surface area contributed by atoms with E-state index in [0.29, 0.717) is 6.42 Å². The van der Waals surface area contributed by atoms with Crippen molar-refractivity contribution in [3.8, 4) is 33.8 Å². The summed E-state index contributed by atoms with van der Waals surface area (Å²) in [5.41, 5.74) is 40.1. The first-order valence-electron chi connectivity index (χ1n) is 31.6. The van der Waals surface area contributed by atoms with E-state index in [-0.39, 0.29) is 33.6 Å². The molecule has 11 heterocycles. The van der Waals surface area contributed by atoms with E-state index >= 15 is 0 Å². The molecule has 5 aliphatic heterocycles. The van der Waals surface area contributed by atoms with Gasteiger partial charge >= 0.3 is 33.6 Å². The molecule has 0 aliphatic carbocycles. The molecular weight excluding hydrogens is 1170 g/mol. The van der Waals surface area contributed by atoms with Crippen molar-refractivity contribution in [2.75, 3.05) is 0 Å². The first-order chi connectivity index (χ1) is 41.6. The van der Waals surface area contributed by atoms with Crippen LogP contribution in [0.3, 0.4) is 0 Å². The summed E-state index contributed by atoms with van der Waals surface area (Å²) in [4.78, 5) is 44.6. The Morgan fingerprint density at radius 1 is 0.352 bits per heavy atom. The van der Waals surface area contributed by atoms with Gasteiger partial charge in [-0.2, -0.15) is 0 Å². The van der Waals surface area contributed by atoms with Crippen LogP contribution < -0.4 is 24.7 Å². The molecule has 5 aliphatic rings. The molecule has 11 heteroatoms. The van der Waals surface area contributed by atoms with Crippen LogP contribution in [0.25, 0.3) is 111 Å². The van der Waals surface area contributed by atoms with Gasteiger partial charge in [-0.1, -0.05) is 173 Å². The molecular formula is C77H78Co2N8O. The summed E-state index contributed by atoms with van der Waals surface area (Å²) in [6, 6.07) is 26.6. The summed E-state index contributed by atoms with van der Waals surface area (Å²) in [6.45, 7) is 35.7. The van der Waals surface area contributed by atoms with Crippen molar-refractivity contribution < 1.29 is 38.3 Å². The molecule has 0 fully saturated rings. The van der Waals surface area contributed by atoms with E-state index in [0.717, 1.165) is 208 Å². The van der Waals surface area contributed by atoms with Crippen LogP contribution in [-0.4, -0.2) is 19.9 Å². The van der Waals surface area contributed by atoms with Gasteiger partial charge in [0.2, 0.25) is 0 Å². The second-order valence-electron chi connectivity index (χ2n) is 24.1. The number of hydrogen-bond acceptors (Lipinski definition) is 5. The van der Waals surface area contributed by atoms with E-state index < -0.39 is 0 Å². The van der Waals surface area contributed by atoms with Gasteiger partial charge in [0.15, 0.2) is 0 Å². The Hall–Kier alpha value is -7.55. The molecule has 0 unspecified atom stereocenters. The predicted molar refractivity (Wildman–Crippen MR) is 359 cm³/mol. The van der Waals surface area contributed by atoms with Crippen LogP contribution in [0.2, 0.25) is 0 Å². The Bertz CT molecular complexity index is 4480. The van der Waals surface area contributed by atoms with Crippen molar-refractivity contribution >= 4 is 88.7 Å². The normalized spacial score (nSPS) is 13.7. The average Bonchev–Trinajstić information content (AvgIpc) is 1.47. The largest absolute Gasteiger partial charge is 2.00 e. The second kappa shape index (κ2) is 24.1. The van der Waals surface area contributed by atoms with Crippen molar-refractivity contribution in [2.45, 2.75) is 169 Å². The van der Waals surface area contributed by atoms with Crippen LogP contribution in [0.1, 0.15) is 210 Å². The van der Waals surface area contributed by atoms with Crippen LogP contribution in [0.5, 0.6) is 11.5 Å². The van der Waals surface area contributed by atoms with Crippen molar-refractivity contribution in [2.24, 2.45) is 0 Å². The van der Waals surface area contributed by atoms with Crippen LogP contribution in [0.15, 0.2) is 72.8 Å². The summed E-state index contributed by atoms with van der Waals surface area (Å²) >= 11 is 0. The molecule has 0 N–H and O–H groups in total. The van der Waals surface area contributed by atoms with Gasteiger partial charge in [-0.25, -0.2) is 19.9 Å².